The van der Waals surface area contributed by atoms with E-state index in [1.54, 1.807) is 13.1 Å². The molecule has 0 spiro atoms. The van der Waals surface area contributed by atoms with Crippen molar-refractivity contribution >= 4 is 5.91 Å². The van der Waals surface area contributed by atoms with Crippen LogP contribution in [-0.4, -0.2) is 20.8 Å². The van der Waals surface area contributed by atoms with E-state index >= 15 is 0 Å². The molecule has 0 saturated heterocycles. The van der Waals surface area contributed by atoms with Gasteiger partial charge < -0.3 is 14.6 Å². The second-order valence-corrected chi connectivity index (χ2v) is 6.39. The summed E-state index contributed by atoms with van der Waals surface area (Å²) >= 11 is 0. The van der Waals surface area contributed by atoms with Crippen molar-refractivity contribution < 1.29 is 14.1 Å². The predicted molar refractivity (Wildman–Crippen MR) is 101 cm³/mol. The van der Waals surface area contributed by atoms with Crippen molar-refractivity contribution in [2.75, 3.05) is 0 Å². The van der Waals surface area contributed by atoms with Crippen LogP contribution < -0.4 is 10.1 Å². The van der Waals surface area contributed by atoms with Gasteiger partial charge >= 0.3 is 0 Å². The topological polar surface area (TPSA) is 82.2 Å². The Kier molecular flexibility index (Phi) is 5.59. The minimum atomic E-state index is -0.299. The van der Waals surface area contributed by atoms with Gasteiger partial charge in [-0.3, -0.25) is 9.48 Å². The number of hydrogen-bond donors (Lipinski definition) is 1. The lowest BCUT2D eigenvalue weighted by atomic mass is 10.1. The van der Waals surface area contributed by atoms with Crippen LogP contribution in [0.15, 0.2) is 41.1 Å². The van der Waals surface area contributed by atoms with Crippen LogP contribution in [0.2, 0.25) is 0 Å². The van der Waals surface area contributed by atoms with E-state index in [1.807, 2.05) is 55.8 Å². The van der Waals surface area contributed by atoms with Crippen LogP contribution >= 0.6 is 0 Å². The number of nitrogens with one attached hydrogen (secondary N) is 1. The fraction of sp³-hybridized carbons (Fsp3) is 0.350. The third kappa shape index (κ3) is 4.02. The quantitative estimate of drug-likeness (QED) is 0.689. The van der Waals surface area contributed by atoms with Gasteiger partial charge in [0.2, 0.25) is 0 Å². The summed E-state index contributed by atoms with van der Waals surface area (Å²) in [5.41, 5.74) is 2.85. The van der Waals surface area contributed by atoms with Crippen LogP contribution in [-0.2, 0) is 13.2 Å². The van der Waals surface area contributed by atoms with Crippen molar-refractivity contribution in [3.63, 3.8) is 0 Å². The first-order valence-corrected chi connectivity index (χ1v) is 8.97. The van der Waals surface area contributed by atoms with Crippen LogP contribution in [0.1, 0.15) is 53.0 Å². The first-order chi connectivity index (χ1) is 13.0. The summed E-state index contributed by atoms with van der Waals surface area (Å²) in [6.45, 7) is 8.62. The third-order valence-electron chi connectivity index (χ3n) is 4.51. The summed E-state index contributed by atoms with van der Waals surface area (Å²) in [4.78, 5) is 12.7. The highest BCUT2D eigenvalue weighted by molar-refractivity contribution is 5.94. The Morgan fingerprint density at radius 2 is 2.07 bits per heavy atom. The monoisotopic (exact) mass is 368 g/mol. The molecule has 2 aromatic heterocycles. The van der Waals surface area contributed by atoms with Crippen molar-refractivity contribution in [3.8, 4) is 5.75 Å². The molecule has 0 aliphatic heterocycles. The molecule has 7 nitrogen and oxygen atoms in total. The van der Waals surface area contributed by atoms with E-state index in [0.717, 1.165) is 23.6 Å². The number of rotatable bonds is 7. The van der Waals surface area contributed by atoms with E-state index in [9.17, 15) is 4.79 Å². The molecular weight excluding hydrogens is 344 g/mol. The third-order valence-corrected chi connectivity index (χ3v) is 4.51. The highest BCUT2D eigenvalue weighted by Gasteiger charge is 2.23. The molecule has 0 aliphatic carbocycles. The van der Waals surface area contributed by atoms with Gasteiger partial charge in [-0.2, -0.15) is 5.10 Å². The SMILES string of the molecule is CCn1nccc1C(C)NC(=O)c1noc(C)c1COc1ccccc1C. The van der Waals surface area contributed by atoms with Gasteiger partial charge in [0.05, 0.1) is 17.3 Å². The first kappa shape index (κ1) is 18.7. The lowest BCUT2D eigenvalue weighted by Gasteiger charge is -2.15. The lowest BCUT2D eigenvalue weighted by molar-refractivity contribution is 0.0927. The minimum Gasteiger partial charge on any atom is -0.488 e. The highest BCUT2D eigenvalue weighted by Crippen LogP contribution is 2.21. The molecule has 1 unspecified atom stereocenters. The van der Waals surface area contributed by atoms with Crippen molar-refractivity contribution in [3.05, 3.63) is 64.8 Å². The van der Waals surface area contributed by atoms with E-state index in [4.69, 9.17) is 9.26 Å². The second-order valence-electron chi connectivity index (χ2n) is 6.39. The average Bonchev–Trinajstić information content (AvgIpc) is 3.27. The van der Waals surface area contributed by atoms with E-state index < -0.39 is 0 Å². The van der Waals surface area contributed by atoms with E-state index in [0.29, 0.717) is 11.3 Å². The van der Waals surface area contributed by atoms with Crippen molar-refractivity contribution in [1.82, 2.24) is 20.3 Å². The number of aromatic nitrogens is 3. The smallest absolute Gasteiger partial charge is 0.274 e. The number of aryl methyl sites for hydroxylation is 3. The Bertz CT molecular complexity index is 929. The van der Waals surface area contributed by atoms with Gasteiger partial charge in [0.25, 0.3) is 5.91 Å². The zero-order chi connectivity index (χ0) is 19.4. The molecular formula is C20H24N4O3. The number of amides is 1. The Balaban J connectivity index is 1.73. The summed E-state index contributed by atoms with van der Waals surface area (Å²) in [6, 6.07) is 9.42. The number of hydrogen-bond acceptors (Lipinski definition) is 5. The molecule has 7 heteroatoms. The van der Waals surface area contributed by atoms with E-state index in [1.165, 1.54) is 0 Å². The molecule has 1 N–H and O–H groups in total. The summed E-state index contributed by atoms with van der Waals surface area (Å²) in [6.07, 6.45) is 1.73. The Morgan fingerprint density at radius 1 is 1.30 bits per heavy atom. The molecule has 27 heavy (non-hydrogen) atoms. The fourth-order valence-electron chi connectivity index (χ4n) is 2.92. The van der Waals surface area contributed by atoms with Gasteiger partial charge in [-0.25, -0.2) is 0 Å². The standard InChI is InChI=1S/C20H24N4O3/c1-5-24-17(10-11-21-24)14(3)22-20(25)19-16(15(4)27-23-19)12-26-18-9-7-6-8-13(18)2/h6-11,14H,5,12H2,1-4H3,(H,22,25). The van der Waals surface area contributed by atoms with Crippen LogP contribution in [0, 0.1) is 13.8 Å². The lowest BCUT2D eigenvalue weighted by Crippen LogP contribution is -2.29. The molecule has 1 atom stereocenters. The molecule has 0 radical (unpaired) electrons. The molecule has 0 aliphatic rings. The number of benzene rings is 1. The maximum absolute atomic E-state index is 12.7. The number of ether oxygens (including phenoxy) is 1. The average molecular weight is 368 g/mol. The number of nitrogens with zero attached hydrogens (tertiary/aromatic N) is 3. The van der Waals surface area contributed by atoms with Gasteiger partial charge in [0.15, 0.2) is 5.69 Å². The largest absolute Gasteiger partial charge is 0.488 e. The molecule has 0 bridgehead atoms. The Labute approximate surface area is 158 Å². The number of carbonyl (C=O) groups is 1. The van der Waals surface area contributed by atoms with Gasteiger partial charge in [-0.05, 0) is 45.4 Å². The molecule has 3 aromatic rings. The van der Waals surface area contributed by atoms with Gasteiger partial charge in [-0.15, -0.1) is 0 Å². The normalized spacial score (nSPS) is 12.0. The van der Waals surface area contributed by atoms with E-state index in [-0.39, 0.29) is 24.2 Å². The summed E-state index contributed by atoms with van der Waals surface area (Å²) in [5.74, 6) is 1.04. The zero-order valence-electron chi connectivity index (χ0n) is 16.0. The second kappa shape index (κ2) is 8.07. The summed E-state index contributed by atoms with van der Waals surface area (Å²) < 4.78 is 13.0. The first-order valence-electron chi connectivity index (χ1n) is 8.97. The molecule has 2 heterocycles. The zero-order valence-corrected chi connectivity index (χ0v) is 16.0. The Hall–Kier alpha value is -3.09. The van der Waals surface area contributed by atoms with Crippen LogP contribution in [0.4, 0.5) is 0 Å². The molecule has 0 fully saturated rings. The molecule has 1 aromatic carbocycles. The van der Waals surface area contributed by atoms with Crippen molar-refractivity contribution in [2.24, 2.45) is 0 Å². The van der Waals surface area contributed by atoms with Crippen LogP contribution in [0.3, 0.4) is 0 Å². The molecule has 3 rings (SSSR count). The Morgan fingerprint density at radius 3 is 2.81 bits per heavy atom. The van der Waals surface area contributed by atoms with Gasteiger partial charge in [0, 0.05) is 12.7 Å². The summed E-state index contributed by atoms with van der Waals surface area (Å²) in [7, 11) is 0. The van der Waals surface area contributed by atoms with Crippen LogP contribution in [0.5, 0.6) is 5.75 Å². The van der Waals surface area contributed by atoms with Gasteiger partial charge in [0.1, 0.15) is 18.1 Å². The maximum Gasteiger partial charge on any atom is 0.274 e. The minimum absolute atomic E-state index is 0.206. The van der Waals surface area contributed by atoms with Crippen molar-refractivity contribution in [2.45, 2.75) is 46.9 Å². The van der Waals surface area contributed by atoms with Gasteiger partial charge in [-0.1, -0.05) is 23.4 Å². The van der Waals surface area contributed by atoms with Crippen LogP contribution in [0.25, 0.3) is 0 Å². The molecule has 142 valence electrons. The fourth-order valence-corrected chi connectivity index (χ4v) is 2.92. The van der Waals surface area contributed by atoms with Crippen molar-refractivity contribution in [1.29, 1.82) is 0 Å². The maximum atomic E-state index is 12.7. The van der Waals surface area contributed by atoms with E-state index in [2.05, 4.69) is 15.6 Å². The number of para-hydroxylation sites is 1. The highest BCUT2D eigenvalue weighted by atomic mass is 16.5. The molecule has 0 saturated carbocycles. The number of carbonyl (C=O) groups excluding carboxylic acids is 1. The predicted octanol–water partition coefficient (Wildman–Crippen LogP) is 3.58. The molecule has 1 amide bonds. The summed E-state index contributed by atoms with van der Waals surface area (Å²) in [5, 5.41) is 11.1.